The molecule has 0 aliphatic heterocycles. The highest BCUT2D eigenvalue weighted by molar-refractivity contribution is 7.90. The van der Waals surface area contributed by atoms with Crippen LogP contribution in [0, 0.1) is 11.2 Å². The molecule has 1 atom stereocenters. The van der Waals surface area contributed by atoms with Crippen LogP contribution in [0.4, 0.5) is 4.39 Å². The summed E-state index contributed by atoms with van der Waals surface area (Å²) in [6.07, 6.45) is 4.40. The Morgan fingerprint density at radius 3 is 2.12 bits per heavy atom. The summed E-state index contributed by atoms with van der Waals surface area (Å²) in [7, 11) is -3.19. The van der Waals surface area contributed by atoms with E-state index in [2.05, 4.69) is 19.9 Å². The van der Waals surface area contributed by atoms with Crippen LogP contribution in [-0.4, -0.2) is 14.7 Å². The summed E-state index contributed by atoms with van der Waals surface area (Å²) >= 11 is 0. The van der Waals surface area contributed by atoms with Gasteiger partial charge >= 0.3 is 0 Å². The molecule has 1 aliphatic rings. The van der Waals surface area contributed by atoms with Gasteiger partial charge in [0.15, 0.2) is 9.84 Å². The number of hydrogen-bond donors (Lipinski definition) is 0. The number of hydrogen-bond acceptors (Lipinski definition) is 2. The Hall–Kier alpha value is -1.94. The zero-order valence-corrected chi connectivity index (χ0v) is 14.9. The summed E-state index contributed by atoms with van der Waals surface area (Å²) in [5.41, 5.74) is 3.32. The van der Waals surface area contributed by atoms with Crippen molar-refractivity contribution >= 4 is 15.4 Å². The predicted molar refractivity (Wildman–Crippen MR) is 95.1 cm³/mol. The van der Waals surface area contributed by atoms with Crippen molar-refractivity contribution in [3.8, 4) is 0 Å². The van der Waals surface area contributed by atoms with Gasteiger partial charge in [-0.05, 0) is 52.8 Å². The fraction of sp³-hybridized carbons (Fsp3) is 0.300. The molecule has 2 nitrogen and oxygen atoms in total. The van der Waals surface area contributed by atoms with Crippen LogP contribution in [0.25, 0.3) is 5.57 Å². The van der Waals surface area contributed by atoms with Gasteiger partial charge in [0.1, 0.15) is 5.82 Å². The summed E-state index contributed by atoms with van der Waals surface area (Å²) < 4.78 is 36.5. The highest BCUT2D eigenvalue weighted by Crippen LogP contribution is 2.49. The van der Waals surface area contributed by atoms with Crippen LogP contribution in [0.3, 0.4) is 0 Å². The lowest BCUT2D eigenvalue weighted by molar-refractivity contribution is 0.449. The molecule has 0 heterocycles. The Balaban J connectivity index is 2.00. The Morgan fingerprint density at radius 1 is 1.00 bits per heavy atom. The first kappa shape index (κ1) is 16.9. The molecular formula is C20H21FO2S. The molecule has 0 N–H and O–H groups in total. The van der Waals surface area contributed by atoms with Gasteiger partial charge in [0.25, 0.3) is 0 Å². The number of benzene rings is 2. The highest BCUT2D eigenvalue weighted by Gasteiger charge is 2.33. The van der Waals surface area contributed by atoms with Crippen LogP contribution >= 0.6 is 0 Å². The van der Waals surface area contributed by atoms with Gasteiger partial charge in [-0.1, -0.05) is 44.2 Å². The van der Waals surface area contributed by atoms with E-state index in [0.717, 1.165) is 17.5 Å². The average molecular weight is 344 g/mol. The summed E-state index contributed by atoms with van der Waals surface area (Å²) in [4.78, 5) is 0.329. The third-order valence-corrected chi connectivity index (χ3v) is 5.67. The summed E-state index contributed by atoms with van der Waals surface area (Å²) in [5.74, 6) is -0.0651. The SMILES string of the molecule is CC1(C)C=C(c2ccc(F)cc2)C(c2ccc(S(C)(=O)=O)cc2)C1. The van der Waals surface area contributed by atoms with E-state index >= 15 is 0 Å². The Morgan fingerprint density at radius 2 is 1.58 bits per heavy atom. The summed E-state index contributed by atoms with van der Waals surface area (Å²) in [5, 5.41) is 0. The van der Waals surface area contributed by atoms with Gasteiger partial charge in [-0.2, -0.15) is 0 Å². The molecule has 24 heavy (non-hydrogen) atoms. The van der Waals surface area contributed by atoms with Crippen molar-refractivity contribution in [2.24, 2.45) is 5.41 Å². The molecule has 0 aromatic heterocycles. The summed E-state index contributed by atoms with van der Waals surface area (Å²) in [6, 6.07) is 13.7. The molecule has 2 aromatic carbocycles. The van der Waals surface area contributed by atoms with Crippen LogP contribution < -0.4 is 0 Å². The molecule has 4 heteroatoms. The van der Waals surface area contributed by atoms with Crippen molar-refractivity contribution in [2.75, 3.05) is 6.26 Å². The zero-order valence-electron chi connectivity index (χ0n) is 14.1. The Bertz CT molecular complexity index is 876. The molecule has 2 aromatic rings. The highest BCUT2D eigenvalue weighted by atomic mass is 32.2. The number of rotatable bonds is 3. The van der Waals surface area contributed by atoms with Crippen LogP contribution in [0.5, 0.6) is 0 Å². The second-order valence-electron chi connectivity index (χ2n) is 7.19. The summed E-state index contributed by atoms with van der Waals surface area (Å²) in [6.45, 7) is 4.36. The topological polar surface area (TPSA) is 34.1 Å². The van der Waals surface area contributed by atoms with Crippen molar-refractivity contribution in [1.29, 1.82) is 0 Å². The van der Waals surface area contributed by atoms with Crippen molar-refractivity contribution in [3.63, 3.8) is 0 Å². The van der Waals surface area contributed by atoms with Gasteiger partial charge in [0, 0.05) is 12.2 Å². The average Bonchev–Trinajstić information content (AvgIpc) is 2.83. The van der Waals surface area contributed by atoms with Gasteiger partial charge in [0.05, 0.1) is 4.90 Å². The first-order chi connectivity index (χ1) is 11.2. The fourth-order valence-electron chi connectivity index (χ4n) is 3.39. The van der Waals surface area contributed by atoms with Crippen molar-refractivity contribution in [3.05, 3.63) is 71.6 Å². The molecule has 0 spiro atoms. The van der Waals surface area contributed by atoms with E-state index < -0.39 is 9.84 Å². The maximum Gasteiger partial charge on any atom is 0.175 e. The van der Waals surface area contributed by atoms with E-state index in [0.29, 0.717) is 4.90 Å². The third-order valence-electron chi connectivity index (χ3n) is 4.54. The standard InChI is InChI=1S/C20H21FO2S/c1-20(2)12-18(14-4-8-16(21)9-5-14)19(13-20)15-6-10-17(11-7-15)24(3,22)23/h4-12,19H,13H2,1-3H3. The lowest BCUT2D eigenvalue weighted by Gasteiger charge is -2.19. The van der Waals surface area contributed by atoms with Crippen molar-refractivity contribution < 1.29 is 12.8 Å². The maximum atomic E-state index is 13.2. The molecule has 0 saturated carbocycles. The third kappa shape index (κ3) is 3.44. The first-order valence-corrected chi connectivity index (χ1v) is 9.84. The zero-order chi connectivity index (χ0) is 17.5. The Kier molecular flexibility index (Phi) is 4.12. The molecule has 0 amide bonds. The molecule has 0 fully saturated rings. The van der Waals surface area contributed by atoms with E-state index in [9.17, 15) is 12.8 Å². The van der Waals surface area contributed by atoms with E-state index in [1.807, 2.05) is 12.1 Å². The van der Waals surface area contributed by atoms with Gasteiger partial charge in [-0.15, -0.1) is 0 Å². The molecule has 0 bridgehead atoms. The molecule has 0 radical (unpaired) electrons. The number of halogens is 1. The van der Waals surface area contributed by atoms with Gasteiger partial charge in [-0.3, -0.25) is 0 Å². The van der Waals surface area contributed by atoms with Crippen LogP contribution in [0.1, 0.15) is 37.3 Å². The second-order valence-corrected chi connectivity index (χ2v) is 9.21. The van der Waals surface area contributed by atoms with E-state index in [1.165, 1.54) is 24.0 Å². The van der Waals surface area contributed by atoms with E-state index in [-0.39, 0.29) is 17.2 Å². The largest absolute Gasteiger partial charge is 0.224 e. The minimum atomic E-state index is -3.19. The lowest BCUT2D eigenvalue weighted by Crippen LogP contribution is -2.06. The van der Waals surface area contributed by atoms with Crippen molar-refractivity contribution in [1.82, 2.24) is 0 Å². The molecular weight excluding hydrogens is 323 g/mol. The van der Waals surface area contributed by atoms with Gasteiger partial charge in [0.2, 0.25) is 0 Å². The lowest BCUT2D eigenvalue weighted by atomic mass is 9.85. The Labute approximate surface area is 143 Å². The van der Waals surface area contributed by atoms with E-state index in [1.54, 1.807) is 24.3 Å². The maximum absolute atomic E-state index is 13.2. The monoisotopic (exact) mass is 344 g/mol. The quantitative estimate of drug-likeness (QED) is 0.799. The number of allylic oxidation sites excluding steroid dienone is 2. The minimum Gasteiger partial charge on any atom is -0.224 e. The predicted octanol–water partition coefficient (Wildman–Crippen LogP) is 4.83. The first-order valence-electron chi connectivity index (χ1n) is 7.94. The molecule has 0 saturated heterocycles. The van der Waals surface area contributed by atoms with Gasteiger partial charge < -0.3 is 0 Å². The molecule has 1 aliphatic carbocycles. The number of sulfone groups is 1. The minimum absolute atomic E-state index is 0.0455. The second kappa shape index (κ2) is 5.85. The van der Waals surface area contributed by atoms with Crippen LogP contribution in [-0.2, 0) is 9.84 Å². The van der Waals surface area contributed by atoms with Crippen molar-refractivity contribution in [2.45, 2.75) is 31.1 Å². The smallest absolute Gasteiger partial charge is 0.175 e. The van der Waals surface area contributed by atoms with Crippen LogP contribution in [0.2, 0.25) is 0 Å². The van der Waals surface area contributed by atoms with Crippen LogP contribution in [0.15, 0.2) is 59.5 Å². The normalized spacial score (nSPS) is 20.0. The van der Waals surface area contributed by atoms with E-state index in [4.69, 9.17) is 0 Å². The molecule has 126 valence electrons. The fourth-order valence-corrected chi connectivity index (χ4v) is 4.02. The molecule has 3 rings (SSSR count). The molecule has 1 unspecified atom stereocenters. The van der Waals surface area contributed by atoms with Gasteiger partial charge in [-0.25, -0.2) is 12.8 Å².